The molecule has 1 fully saturated rings. The smallest absolute Gasteiger partial charge is 0.265 e. The number of carbonyl (C=O) groups is 1. The zero-order valence-electron chi connectivity index (χ0n) is 12.4. The van der Waals surface area contributed by atoms with Crippen LogP contribution in [0.2, 0.25) is 0 Å². The molecule has 6 nitrogen and oxygen atoms in total. The van der Waals surface area contributed by atoms with E-state index in [1.807, 2.05) is 6.92 Å². The van der Waals surface area contributed by atoms with E-state index in [-0.39, 0.29) is 11.6 Å². The fraction of sp³-hybridized carbons (Fsp3) is 0.571. The zero-order chi connectivity index (χ0) is 15.6. The van der Waals surface area contributed by atoms with Gasteiger partial charge in [-0.05, 0) is 18.9 Å². The Balaban J connectivity index is 2.17. The standard InChI is InChI=1S/C14H19N3O3S/c1-10(2)8-16-12(18)9-21-13(16)15-14(3)6-4-11(5-7-14)17(19)20/h4-6,10H,7-9H2,1-3H3. The molecular formula is C14H19N3O3S. The summed E-state index contributed by atoms with van der Waals surface area (Å²) in [6.45, 7) is 6.69. The third-order valence-electron chi connectivity index (χ3n) is 3.30. The van der Waals surface area contributed by atoms with Gasteiger partial charge in [-0.25, -0.2) is 0 Å². The Labute approximate surface area is 128 Å². The molecule has 0 bridgehead atoms. The third kappa shape index (κ3) is 3.72. The molecule has 0 spiro atoms. The van der Waals surface area contributed by atoms with Crippen LogP contribution in [0, 0.1) is 16.0 Å². The van der Waals surface area contributed by atoms with Gasteiger partial charge in [0.25, 0.3) is 5.70 Å². The third-order valence-corrected chi connectivity index (χ3v) is 4.27. The Bertz CT molecular complexity index is 554. The van der Waals surface area contributed by atoms with Crippen molar-refractivity contribution in [1.82, 2.24) is 4.90 Å². The van der Waals surface area contributed by atoms with Crippen LogP contribution in [0.25, 0.3) is 0 Å². The van der Waals surface area contributed by atoms with E-state index in [2.05, 4.69) is 18.8 Å². The van der Waals surface area contributed by atoms with Crippen LogP contribution in [0.15, 0.2) is 28.9 Å². The van der Waals surface area contributed by atoms with Gasteiger partial charge in [0.2, 0.25) is 5.91 Å². The Kier molecular flexibility index (Phi) is 4.51. The van der Waals surface area contributed by atoms with Gasteiger partial charge in [-0.3, -0.25) is 24.8 Å². The molecule has 2 rings (SSSR count). The monoisotopic (exact) mass is 309 g/mol. The number of thioether (sulfide) groups is 1. The van der Waals surface area contributed by atoms with E-state index in [0.717, 1.165) is 5.17 Å². The van der Waals surface area contributed by atoms with E-state index in [1.54, 1.807) is 17.1 Å². The van der Waals surface area contributed by atoms with Crippen molar-refractivity contribution in [2.45, 2.75) is 32.7 Å². The normalized spacial score (nSPS) is 27.6. The Morgan fingerprint density at radius 1 is 1.57 bits per heavy atom. The molecule has 0 radical (unpaired) electrons. The molecule has 0 aromatic rings. The molecule has 114 valence electrons. The van der Waals surface area contributed by atoms with Crippen LogP contribution in [-0.4, -0.2) is 38.7 Å². The van der Waals surface area contributed by atoms with E-state index in [4.69, 9.17) is 0 Å². The van der Waals surface area contributed by atoms with Crippen LogP contribution < -0.4 is 0 Å². The lowest BCUT2D eigenvalue weighted by Crippen LogP contribution is -2.35. The molecule has 1 unspecified atom stereocenters. The maximum atomic E-state index is 11.9. The van der Waals surface area contributed by atoms with Crippen molar-refractivity contribution in [1.29, 1.82) is 0 Å². The molecule has 2 aliphatic rings. The number of hydrogen-bond acceptors (Lipinski definition) is 5. The largest absolute Gasteiger partial charge is 0.291 e. The molecule has 0 aromatic heterocycles. The molecule has 1 aliphatic heterocycles. The van der Waals surface area contributed by atoms with E-state index < -0.39 is 10.5 Å². The van der Waals surface area contributed by atoms with Gasteiger partial charge in [-0.2, -0.15) is 0 Å². The number of nitrogens with zero attached hydrogens (tertiary/aromatic N) is 3. The van der Waals surface area contributed by atoms with Crippen molar-refractivity contribution in [3.05, 3.63) is 34.0 Å². The average Bonchev–Trinajstić information content (AvgIpc) is 2.71. The first-order valence-electron chi connectivity index (χ1n) is 6.87. The van der Waals surface area contributed by atoms with Gasteiger partial charge in [-0.15, -0.1) is 0 Å². The van der Waals surface area contributed by atoms with Crippen LogP contribution >= 0.6 is 11.8 Å². The van der Waals surface area contributed by atoms with Gasteiger partial charge < -0.3 is 0 Å². The second-order valence-electron chi connectivity index (χ2n) is 5.86. The molecule has 1 saturated heterocycles. The van der Waals surface area contributed by atoms with Gasteiger partial charge in [-0.1, -0.05) is 31.7 Å². The zero-order valence-corrected chi connectivity index (χ0v) is 13.2. The van der Waals surface area contributed by atoms with Crippen LogP contribution in [0.3, 0.4) is 0 Å². The van der Waals surface area contributed by atoms with Crippen LogP contribution in [-0.2, 0) is 4.79 Å². The molecule has 0 N–H and O–H groups in total. The highest BCUT2D eigenvalue weighted by Gasteiger charge is 2.32. The molecule has 1 amide bonds. The summed E-state index contributed by atoms with van der Waals surface area (Å²) in [4.78, 5) is 28.6. The highest BCUT2D eigenvalue weighted by atomic mass is 32.2. The SMILES string of the molecule is CC(C)CN1C(=O)CSC1=NC1(C)C=CC([N+](=O)[O-])=CC1. The predicted octanol–water partition coefficient (Wildman–Crippen LogP) is 2.45. The fourth-order valence-corrected chi connectivity index (χ4v) is 3.19. The number of carbonyl (C=O) groups excluding carboxylic acids is 1. The molecule has 0 saturated carbocycles. The van der Waals surface area contributed by atoms with Crippen molar-refractivity contribution in [2.24, 2.45) is 10.9 Å². The lowest BCUT2D eigenvalue weighted by Gasteiger charge is -2.25. The average molecular weight is 309 g/mol. The first kappa shape index (κ1) is 15.8. The quantitative estimate of drug-likeness (QED) is 0.590. The first-order chi connectivity index (χ1) is 9.81. The minimum atomic E-state index is -0.526. The summed E-state index contributed by atoms with van der Waals surface area (Å²) in [5, 5.41) is 11.4. The van der Waals surface area contributed by atoms with Crippen molar-refractivity contribution in [2.75, 3.05) is 12.3 Å². The van der Waals surface area contributed by atoms with Crippen molar-refractivity contribution in [3.8, 4) is 0 Å². The predicted molar refractivity (Wildman–Crippen MR) is 83.7 cm³/mol. The summed E-state index contributed by atoms with van der Waals surface area (Å²) < 4.78 is 0. The Hall–Kier alpha value is -1.63. The van der Waals surface area contributed by atoms with Crippen molar-refractivity contribution >= 4 is 22.8 Å². The number of amidine groups is 1. The second-order valence-corrected chi connectivity index (χ2v) is 6.80. The van der Waals surface area contributed by atoms with E-state index >= 15 is 0 Å². The highest BCUT2D eigenvalue weighted by molar-refractivity contribution is 8.15. The molecule has 0 aromatic carbocycles. The molecule has 1 aliphatic carbocycles. The minimum absolute atomic E-state index is 0.0809. The molecular weight excluding hydrogens is 290 g/mol. The van der Waals surface area contributed by atoms with Gasteiger partial charge >= 0.3 is 0 Å². The van der Waals surface area contributed by atoms with E-state index in [1.165, 1.54) is 17.8 Å². The lowest BCUT2D eigenvalue weighted by atomic mass is 9.93. The summed E-state index contributed by atoms with van der Waals surface area (Å²) in [6, 6.07) is 0. The number of aliphatic imine (C=N–C) groups is 1. The van der Waals surface area contributed by atoms with Gasteiger partial charge in [0.15, 0.2) is 5.17 Å². The summed E-state index contributed by atoms with van der Waals surface area (Å²) in [5.41, 5.74) is -0.427. The van der Waals surface area contributed by atoms with Crippen LogP contribution in [0.4, 0.5) is 0 Å². The minimum Gasteiger partial charge on any atom is -0.291 e. The van der Waals surface area contributed by atoms with E-state index in [0.29, 0.717) is 24.6 Å². The van der Waals surface area contributed by atoms with Crippen LogP contribution in [0.5, 0.6) is 0 Å². The second kappa shape index (κ2) is 6.01. The molecule has 7 heteroatoms. The number of allylic oxidation sites excluding steroid dienone is 1. The molecule has 21 heavy (non-hydrogen) atoms. The molecule has 1 heterocycles. The number of hydrogen-bond donors (Lipinski definition) is 0. The number of amides is 1. The molecule has 1 atom stereocenters. The summed E-state index contributed by atoms with van der Waals surface area (Å²) in [5.74, 6) is 0.868. The Morgan fingerprint density at radius 2 is 2.29 bits per heavy atom. The topological polar surface area (TPSA) is 75.8 Å². The first-order valence-corrected chi connectivity index (χ1v) is 7.86. The van der Waals surface area contributed by atoms with Gasteiger partial charge in [0.1, 0.15) is 0 Å². The van der Waals surface area contributed by atoms with Crippen molar-refractivity contribution in [3.63, 3.8) is 0 Å². The van der Waals surface area contributed by atoms with Gasteiger partial charge in [0.05, 0.1) is 16.2 Å². The summed E-state index contributed by atoms with van der Waals surface area (Å²) >= 11 is 1.44. The lowest BCUT2D eigenvalue weighted by molar-refractivity contribution is -0.419. The maximum Gasteiger partial charge on any atom is 0.265 e. The van der Waals surface area contributed by atoms with Gasteiger partial charge in [0, 0.05) is 19.0 Å². The van der Waals surface area contributed by atoms with E-state index in [9.17, 15) is 14.9 Å². The summed E-state index contributed by atoms with van der Waals surface area (Å²) in [7, 11) is 0. The fourth-order valence-electron chi connectivity index (χ4n) is 2.18. The van der Waals surface area contributed by atoms with Crippen LogP contribution in [0.1, 0.15) is 27.2 Å². The maximum absolute atomic E-state index is 11.9. The number of rotatable bonds is 4. The summed E-state index contributed by atoms with van der Waals surface area (Å²) in [6.07, 6.45) is 5.28. The highest BCUT2D eigenvalue weighted by Crippen LogP contribution is 2.29. The number of nitro groups is 1. The van der Waals surface area contributed by atoms with Crippen molar-refractivity contribution < 1.29 is 9.72 Å². The Morgan fingerprint density at radius 3 is 2.81 bits per heavy atom.